The van der Waals surface area contributed by atoms with Crippen molar-refractivity contribution in [1.82, 2.24) is 16.2 Å². The molecule has 7 heteroatoms. The molecule has 3 N–H and O–H groups in total. The van der Waals surface area contributed by atoms with Crippen LogP contribution in [0.5, 0.6) is 5.75 Å². The number of nitrogens with one attached hydrogen (secondary N) is 3. The Hall–Kier alpha value is -3.35. The number of hydrogen-bond donors (Lipinski definition) is 3. The molecule has 1 unspecified atom stereocenters. The van der Waals surface area contributed by atoms with Gasteiger partial charge in [0.2, 0.25) is 0 Å². The first-order valence-corrected chi connectivity index (χ1v) is 8.20. The number of hydrazine groups is 1. The molecule has 2 rings (SSSR count). The smallest absolute Gasteiger partial charge is 0.269 e. The maximum absolute atomic E-state index is 12.0. The Labute approximate surface area is 151 Å². The van der Waals surface area contributed by atoms with Gasteiger partial charge in [-0.05, 0) is 50.2 Å². The third-order valence-corrected chi connectivity index (χ3v) is 3.50. The van der Waals surface area contributed by atoms with Crippen molar-refractivity contribution in [2.45, 2.75) is 19.9 Å². The largest absolute Gasteiger partial charge is 0.494 e. The number of rotatable bonds is 6. The maximum Gasteiger partial charge on any atom is 0.269 e. The summed E-state index contributed by atoms with van der Waals surface area (Å²) in [5.41, 5.74) is 5.43. The van der Waals surface area contributed by atoms with E-state index in [2.05, 4.69) is 16.2 Å². The topological polar surface area (TPSA) is 96.5 Å². The lowest BCUT2D eigenvalue weighted by Gasteiger charge is -2.14. The van der Waals surface area contributed by atoms with Gasteiger partial charge in [0, 0.05) is 11.1 Å². The first-order valence-electron chi connectivity index (χ1n) is 8.20. The SMILES string of the molecule is CCOc1ccc(C(=O)NNC(=O)C(C)NC(=O)c2ccccc2)cc1. The van der Waals surface area contributed by atoms with Crippen molar-refractivity contribution in [1.29, 1.82) is 0 Å². The lowest BCUT2D eigenvalue weighted by Crippen LogP contribution is -2.51. The van der Waals surface area contributed by atoms with Crippen molar-refractivity contribution in [2.75, 3.05) is 6.61 Å². The van der Waals surface area contributed by atoms with E-state index in [-0.39, 0.29) is 5.91 Å². The van der Waals surface area contributed by atoms with Crippen LogP contribution in [0.2, 0.25) is 0 Å². The van der Waals surface area contributed by atoms with Crippen molar-refractivity contribution >= 4 is 17.7 Å². The van der Waals surface area contributed by atoms with Crippen LogP contribution in [0.15, 0.2) is 54.6 Å². The van der Waals surface area contributed by atoms with Crippen LogP contribution in [-0.4, -0.2) is 30.4 Å². The zero-order valence-corrected chi connectivity index (χ0v) is 14.6. The quantitative estimate of drug-likeness (QED) is 0.687. The minimum atomic E-state index is -0.816. The lowest BCUT2D eigenvalue weighted by molar-refractivity contribution is -0.123. The van der Waals surface area contributed by atoms with E-state index in [1.165, 1.54) is 6.92 Å². The molecular weight excluding hydrogens is 334 g/mol. The van der Waals surface area contributed by atoms with Crippen LogP contribution in [0.3, 0.4) is 0 Å². The molecule has 0 radical (unpaired) electrons. The van der Waals surface area contributed by atoms with Crippen molar-refractivity contribution in [2.24, 2.45) is 0 Å². The zero-order valence-electron chi connectivity index (χ0n) is 14.6. The van der Waals surface area contributed by atoms with Crippen molar-refractivity contribution in [3.05, 3.63) is 65.7 Å². The van der Waals surface area contributed by atoms with Crippen LogP contribution in [-0.2, 0) is 4.79 Å². The average molecular weight is 355 g/mol. The first-order chi connectivity index (χ1) is 12.5. The highest BCUT2D eigenvalue weighted by atomic mass is 16.5. The molecule has 0 aromatic heterocycles. The number of carbonyl (C=O) groups is 3. The normalized spacial score (nSPS) is 11.2. The molecule has 1 atom stereocenters. The number of amides is 3. The van der Waals surface area contributed by atoms with Crippen LogP contribution in [0.4, 0.5) is 0 Å². The summed E-state index contributed by atoms with van der Waals surface area (Å²) in [4.78, 5) is 36.1. The summed E-state index contributed by atoms with van der Waals surface area (Å²) in [6.07, 6.45) is 0. The Bertz CT molecular complexity index is 760. The lowest BCUT2D eigenvalue weighted by atomic mass is 10.2. The van der Waals surface area contributed by atoms with E-state index in [0.717, 1.165) is 0 Å². The molecule has 7 nitrogen and oxygen atoms in total. The highest BCUT2D eigenvalue weighted by Gasteiger charge is 2.17. The van der Waals surface area contributed by atoms with Gasteiger partial charge in [-0.2, -0.15) is 0 Å². The molecule has 0 saturated carbocycles. The maximum atomic E-state index is 12.0. The summed E-state index contributed by atoms with van der Waals surface area (Å²) in [5.74, 6) is -0.715. The van der Waals surface area contributed by atoms with Crippen LogP contribution in [0.25, 0.3) is 0 Å². The Morgan fingerprint density at radius 3 is 2.12 bits per heavy atom. The fourth-order valence-corrected chi connectivity index (χ4v) is 2.10. The van der Waals surface area contributed by atoms with Crippen molar-refractivity contribution in [3.63, 3.8) is 0 Å². The summed E-state index contributed by atoms with van der Waals surface area (Å²) in [5, 5.41) is 2.56. The predicted octanol–water partition coefficient (Wildman–Crippen LogP) is 1.66. The summed E-state index contributed by atoms with van der Waals surface area (Å²) >= 11 is 0. The molecule has 3 amide bonds. The second kappa shape index (κ2) is 9.22. The van der Waals surface area contributed by atoms with Gasteiger partial charge in [-0.15, -0.1) is 0 Å². The zero-order chi connectivity index (χ0) is 18.9. The number of benzene rings is 2. The highest BCUT2D eigenvalue weighted by Crippen LogP contribution is 2.11. The molecule has 0 saturated heterocycles. The molecule has 0 fully saturated rings. The Balaban J connectivity index is 1.83. The molecule has 136 valence electrons. The molecule has 0 bridgehead atoms. The van der Waals surface area contributed by atoms with Crippen molar-refractivity contribution < 1.29 is 19.1 Å². The van der Waals surface area contributed by atoms with E-state index in [0.29, 0.717) is 23.5 Å². The van der Waals surface area contributed by atoms with Gasteiger partial charge in [0.15, 0.2) is 0 Å². The standard InChI is InChI=1S/C19H21N3O4/c1-3-26-16-11-9-15(10-12-16)19(25)22-21-17(23)13(2)20-18(24)14-7-5-4-6-8-14/h4-13H,3H2,1-2H3,(H,20,24)(H,21,23)(H,22,25). The van der Waals surface area contributed by atoms with Crippen LogP contribution in [0.1, 0.15) is 34.6 Å². The summed E-state index contributed by atoms with van der Waals surface area (Å²) in [6.45, 7) is 3.93. The third-order valence-electron chi connectivity index (χ3n) is 3.50. The second-order valence-corrected chi connectivity index (χ2v) is 5.46. The second-order valence-electron chi connectivity index (χ2n) is 5.46. The number of carbonyl (C=O) groups excluding carboxylic acids is 3. The predicted molar refractivity (Wildman–Crippen MR) is 96.6 cm³/mol. The average Bonchev–Trinajstić information content (AvgIpc) is 2.67. The van der Waals surface area contributed by atoms with Gasteiger partial charge in [0.05, 0.1) is 6.61 Å². The van der Waals surface area contributed by atoms with Crippen LogP contribution < -0.4 is 20.9 Å². The fourth-order valence-electron chi connectivity index (χ4n) is 2.10. The Morgan fingerprint density at radius 1 is 0.885 bits per heavy atom. The van der Waals surface area contributed by atoms with E-state index in [9.17, 15) is 14.4 Å². The van der Waals surface area contributed by atoms with Gasteiger partial charge in [0.1, 0.15) is 11.8 Å². The molecule has 2 aromatic rings. The third kappa shape index (κ3) is 5.34. The summed E-state index contributed by atoms with van der Waals surface area (Å²) < 4.78 is 5.30. The molecular formula is C19H21N3O4. The monoisotopic (exact) mass is 355 g/mol. The van der Waals surface area contributed by atoms with E-state index < -0.39 is 17.9 Å². The number of ether oxygens (including phenoxy) is 1. The Kier molecular flexibility index (Phi) is 6.73. The van der Waals surface area contributed by atoms with E-state index >= 15 is 0 Å². The molecule has 0 heterocycles. The van der Waals surface area contributed by atoms with E-state index in [1.54, 1.807) is 54.6 Å². The summed E-state index contributed by atoms with van der Waals surface area (Å²) in [7, 11) is 0. The van der Waals surface area contributed by atoms with E-state index in [1.807, 2.05) is 6.92 Å². The fraction of sp³-hybridized carbons (Fsp3) is 0.211. The molecule has 0 aliphatic heterocycles. The molecule has 0 aliphatic rings. The van der Waals surface area contributed by atoms with Gasteiger partial charge in [-0.1, -0.05) is 18.2 Å². The van der Waals surface area contributed by atoms with Crippen LogP contribution >= 0.6 is 0 Å². The molecule has 0 spiro atoms. The molecule has 26 heavy (non-hydrogen) atoms. The van der Waals surface area contributed by atoms with Gasteiger partial charge in [0.25, 0.3) is 17.7 Å². The Morgan fingerprint density at radius 2 is 1.50 bits per heavy atom. The van der Waals surface area contributed by atoms with Crippen molar-refractivity contribution in [3.8, 4) is 5.75 Å². The van der Waals surface area contributed by atoms with E-state index in [4.69, 9.17) is 4.74 Å². The highest BCUT2D eigenvalue weighted by molar-refractivity contribution is 5.98. The molecule has 2 aromatic carbocycles. The van der Waals surface area contributed by atoms with Gasteiger partial charge in [-0.3, -0.25) is 25.2 Å². The number of hydrogen-bond acceptors (Lipinski definition) is 4. The minimum Gasteiger partial charge on any atom is -0.494 e. The van der Waals surface area contributed by atoms with Gasteiger partial charge in [-0.25, -0.2) is 0 Å². The summed E-state index contributed by atoms with van der Waals surface area (Å²) in [6, 6.07) is 14.3. The minimum absolute atomic E-state index is 0.369. The first kappa shape index (κ1) is 19.0. The van der Waals surface area contributed by atoms with Gasteiger partial charge < -0.3 is 10.1 Å². The van der Waals surface area contributed by atoms with Gasteiger partial charge >= 0.3 is 0 Å². The van der Waals surface area contributed by atoms with Crippen LogP contribution in [0, 0.1) is 0 Å². The molecule has 0 aliphatic carbocycles.